The molecular formula is C2H7O2PS. The Bertz CT molecular complexity index is 55.5. The molecule has 2 atom stereocenters. The van der Waals surface area contributed by atoms with E-state index in [1.807, 2.05) is 0 Å². The van der Waals surface area contributed by atoms with Gasteiger partial charge in [-0.15, -0.1) is 9.24 Å². The zero-order valence-electron chi connectivity index (χ0n) is 3.26. The van der Waals surface area contributed by atoms with Gasteiger partial charge in [0.15, 0.2) is 11.1 Å². The highest BCUT2D eigenvalue weighted by atomic mass is 32.2. The molecule has 0 aliphatic rings. The lowest BCUT2D eigenvalue weighted by molar-refractivity contribution is 0.566. The Morgan fingerprint density at radius 1 is 1.83 bits per heavy atom. The normalized spacial score (nSPS) is 14.3. The van der Waals surface area contributed by atoms with E-state index in [1.165, 1.54) is 0 Å². The molecule has 0 rings (SSSR count). The van der Waals surface area contributed by atoms with Crippen molar-refractivity contribution in [2.75, 3.05) is 11.9 Å². The molecule has 0 aromatic carbocycles. The van der Waals surface area contributed by atoms with Gasteiger partial charge in [0, 0.05) is 0 Å². The summed E-state index contributed by atoms with van der Waals surface area (Å²) in [4.78, 5) is 0. The number of hydrogen-bond donors (Lipinski definition) is 1. The Labute approximate surface area is 41.8 Å². The fraction of sp³-hybridized carbons (Fsp3) is 1.00. The zero-order valence-corrected chi connectivity index (χ0v) is 5.23. The summed E-state index contributed by atoms with van der Waals surface area (Å²) in [7, 11) is 2.37. The fourth-order valence-corrected chi connectivity index (χ4v) is 0.907. The Kier molecular flexibility index (Phi) is 4.06. The fourth-order valence-electron chi connectivity index (χ4n) is 0.101. The summed E-state index contributed by atoms with van der Waals surface area (Å²) in [6, 6.07) is 0. The summed E-state index contributed by atoms with van der Waals surface area (Å²) in [6.07, 6.45) is 0.698. The third-order valence-corrected chi connectivity index (χ3v) is 1.58. The molecule has 4 heteroatoms. The molecule has 0 fully saturated rings. The van der Waals surface area contributed by atoms with Gasteiger partial charge < -0.3 is 4.55 Å². The van der Waals surface area contributed by atoms with Crippen LogP contribution in [0.3, 0.4) is 0 Å². The van der Waals surface area contributed by atoms with Gasteiger partial charge in [0.25, 0.3) is 0 Å². The maximum atomic E-state index is 9.70. The van der Waals surface area contributed by atoms with E-state index < -0.39 is 11.1 Å². The molecule has 2 nitrogen and oxygen atoms in total. The van der Waals surface area contributed by atoms with Crippen molar-refractivity contribution in [1.29, 1.82) is 0 Å². The van der Waals surface area contributed by atoms with E-state index in [4.69, 9.17) is 4.55 Å². The first-order valence-electron chi connectivity index (χ1n) is 1.55. The highest BCUT2D eigenvalue weighted by Gasteiger charge is 1.83. The molecule has 0 aliphatic carbocycles. The lowest BCUT2D eigenvalue weighted by atomic mass is 11.0. The van der Waals surface area contributed by atoms with Crippen LogP contribution in [0.2, 0.25) is 0 Å². The van der Waals surface area contributed by atoms with E-state index >= 15 is 0 Å². The van der Waals surface area contributed by atoms with Crippen LogP contribution in [0.15, 0.2) is 0 Å². The van der Waals surface area contributed by atoms with Gasteiger partial charge in [-0.1, -0.05) is 0 Å². The van der Waals surface area contributed by atoms with Crippen LogP contribution in [0.4, 0.5) is 0 Å². The number of hydrogen-bond acceptors (Lipinski definition) is 1. The minimum atomic E-state index is -1.59. The molecule has 0 aromatic rings. The second-order valence-electron chi connectivity index (χ2n) is 0.814. The van der Waals surface area contributed by atoms with Gasteiger partial charge in [0.1, 0.15) is 0 Å². The van der Waals surface area contributed by atoms with Gasteiger partial charge in [-0.2, -0.15) is 0 Å². The predicted molar refractivity (Wildman–Crippen MR) is 30.2 cm³/mol. The highest BCUT2D eigenvalue weighted by molar-refractivity contribution is 7.79. The Morgan fingerprint density at radius 2 is 2.33 bits per heavy atom. The van der Waals surface area contributed by atoms with Crippen LogP contribution in [-0.4, -0.2) is 20.7 Å². The van der Waals surface area contributed by atoms with E-state index in [2.05, 4.69) is 9.24 Å². The molecule has 0 saturated carbocycles. The van der Waals surface area contributed by atoms with E-state index in [0.717, 1.165) is 0 Å². The molecule has 0 bridgehead atoms. The first-order chi connectivity index (χ1) is 2.77. The van der Waals surface area contributed by atoms with Crippen molar-refractivity contribution >= 4 is 20.3 Å². The average Bonchev–Trinajstić information content (AvgIpc) is 1.35. The molecule has 0 aliphatic heterocycles. The molecule has 0 heterocycles. The SMILES string of the molecule is O=S(O)CCP. The van der Waals surface area contributed by atoms with E-state index in [0.29, 0.717) is 11.9 Å². The summed E-state index contributed by atoms with van der Waals surface area (Å²) in [6.45, 7) is 0. The maximum absolute atomic E-state index is 9.70. The molecule has 0 amide bonds. The van der Waals surface area contributed by atoms with Crippen molar-refractivity contribution in [2.45, 2.75) is 0 Å². The monoisotopic (exact) mass is 126 g/mol. The molecular weight excluding hydrogens is 119 g/mol. The van der Waals surface area contributed by atoms with Crippen molar-refractivity contribution in [2.24, 2.45) is 0 Å². The second-order valence-corrected chi connectivity index (χ2v) is 2.44. The minimum absolute atomic E-state index is 0.366. The van der Waals surface area contributed by atoms with Gasteiger partial charge in [-0.25, -0.2) is 4.21 Å². The largest absolute Gasteiger partial charge is 0.306 e. The van der Waals surface area contributed by atoms with Crippen LogP contribution in [-0.2, 0) is 11.1 Å². The Hall–Kier alpha value is 0.540. The third-order valence-electron chi connectivity index (χ3n) is 0.292. The molecule has 0 aromatic heterocycles. The van der Waals surface area contributed by atoms with E-state index in [9.17, 15) is 4.21 Å². The van der Waals surface area contributed by atoms with E-state index in [1.54, 1.807) is 0 Å². The van der Waals surface area contributed by atoms with E-state index in [-0.39, 0.29) is 0 Å². The van der Waals surface area contributed by atoms with Crippen LogP contribution >= 0.6 is 9.24 Å². The average molecular weight is 126 g/mol. The highest BCUT2D eigenvalue weighted by Crippen LogP contribution is 1.80. The molecule has 2 unspecified atom stereocenters. The van der Waals surface area contributed by atoms with Crippen molar-refractivity contribution < 1.29 is 8.76 Å². The molecule has 0 saturated heterocycles. The predicted octanol–water partition coefficient (Wildman–Crippen LogP) is 0.0832. The topological polar surface area (TPSA) is 37.3 Å². The second kappa shape index (κ2) is 3.72. The molecule has 0 spiro atoms. The van der Waals surface area contributed by atoms with Crippen LogP contribution in [0.5, 0.6) is 0 Å². The van der Waals surface area contributed by atoms with Crippen LogP contribution < -0.4 is 0 Å². The van der Waals surface area contributed by atoms with Crippen LogP contribution in [0.25, 0.3) is 0 Å². The van der Waals surface area contributed by atoms with Crippen molar-refractivity contribution in [1.82, 2.24) is 0 Å². The molecule has 0 radical (unpaired) electrons. The van der Waals surface area contributed by atoms with Crippen molar-refractivity contribution in [3.8, 4) is 0 Å². The first kappa shape index (κ1) is 6.54. The first-order valence-corrected chi connectivity index (χ1v) is 3.64. The maximum Gasteiger partial charge on any atom is 0.153 e. The summed E-state index contributed by atoms with van der Waals surface area (Å²) in [5.74, 6) is 0.366. The summed E-state index contributed by atoms with van der Waals surface area (Å²) in [5.41, 5.74) is 0. The van der Waals surface area contributed by atoms with Crippen molar-refractivity contribution in [3.05, 3.63) is 0 Å². The Morgan fingerprint density at radius 3 is 2.33 bits per heavy atom. The van der Waals surface area contributed by atoms with Crippen LogP contribution in [0.1, 0.15) is 0 Å². The summed E-state index contributed by atoms with van der Waals surface area (Å²) < 4.78 is 17.7. The lowest BCUT2D eigenvalue weighted by Crippen LogP contribution is -1.93. The van der Waals surface area contributed by atoms with Gasteiger partial charge in [-0.05, 0) is 6.16 Å². The molecule has 6 heavy (non-hydrogen) atoms. The van der Waals surface area contributed by atoms with Gasteiger partial charge in [0.05, 0.1) is 5.75 Å². The van der Waals surface area contributed by atoms with Gasteiger partial charge >= 0.3 is 0 Å². The zero-order chi connectivity index (χ0) is 4.99. The van der Waals surface area contributed by atoms with Crippen molar-refractivity contribution in [3.63, 3.8) is 0 Å². The van der Waals surface area contributed by atoms with Crippen LogP contribution in [0, 0.1) is 0 Å². The third kappa shape index (κ3) is 4.54. The standard InChI is InChI=1S/C2H7O2PS/c3-6(4)2-1-5/h1-2,5H2,(H,3,4). The molecule has 38 valence electrons. The van der Waals surface area contributed by atoms with Gasteiger partial charge in [-0.3, -0.25) is 0 Å². The minimum Gasteiger partial charge on any atom is -0.306 e. The smallest absolute Gasteiger partial charge is 0.153 e. The number of rotatable bonds is 2. The summed E-state index contributed by atoms with van der Waals surface area (Å²) >= 11 is -1.59. The summed E-state index contributed by atoms with van der Waals surface area (Å²) in [5, 5.41) is 0. The Balaban J connectivity index is 2.83. The molecule has 1 N–H and O–H groups in total. The lowest BCUT2D eigenvalue weighted by Gasteiger charge is -1.81. The quantitative estimate of drug-likeness (QED) is 0.420. The van der Waals surface area contributed by atoms with Gasteiger partial charge in [0.2, 0.25) is 0 Å².